The van der Waals surface area contributed by atoms with Crippen molar-refractivity contribution >= 4 is 11.9 Å². The first-order chi connectivity index (χ1) is 7.90. The maximum absolute atomic E-state index is 10.5. The minimum Gasteiger partial charge on any atom is -0.477 e. The van der Waals surface area contributed by atoms with Gasteiger partial charge in [0.25, 0.3) is 0 Å². The molecule has 0 heterocycles. The molecule has 0 spiro atoms. The number of hydrogen-bond donors (Lipinski definition) is 1. The number of carboxylic acid groups (broad SMARTS) is 1. The third-order valence-electron chi connectivity index (χ3n) is 1.11. The summed E-state index contributed by atoms with van der Waals surface area (Å²) in [4.78, 5) is 20.1. The second-order valence-corrected chi connectivity index (χ2v) is 2.37. The molecule has 0 aliphatic heterocycles. The molecular formula is C11H10N2O4. The van der Waals surface area contributed by atoms with Gasteiger partial charge in [0, 0.05) is 0 Å². The number of hydrogen-bond acceptors (Lipinski definition) is 5. The van der Waals surface area contributed by atoms with Gasteiger partial charge in [-0.2, -0.15) is 10.5 Å². The summed E-state index contributed by atoms with van der Waals surface area (Å²) in [5.74, 6) is -1.95. The second-order valence-electron chi connectivity index (χ2n) is 2.37. The molecule has 0 aromatic heterocycles. The molecule has 0 unspecified atom stereocenters. The van der Waals surface area contributed by atoms with Crippen LogP contribution in [0.1, 0.15) is 0 Å². The van der Waals surface area contributed by atoms with Crippen molar-refractivity contribution in [2.75, 3.05) is 6.61 Å². The summed E-state index contributed by atoms with van der Waals surface area (Å²) in [6.07, 6.45) is 1.42. The number of carbonyl (C=O) groups is 2. The zero-order valence-corrected chi connectivity index (χ0v) is 8.97. The monoisotopic (exact) mass is 234 g/mol. The van der Waals surface area contributed by atoms with Crippen LogP contribution in [-0.4, -0.2) is 23.7 Å². The van der Waals surface area contributed by atoms with Gasteiger partial charge in [0.05, 0.1) is 0 Å². The predicted octanol–water partition coefficient (Wildman–Crippen LogP) is 0.946. The molecule has 0 saturated carbocycles. The van der Waals surface area contributed by atoms with Gasteiger partial charge in [-0.05, 0) is 0 Å². The summed E-state index contributed by atoms with van der Waals surface area (Å²) < 4.78 is 4.46. The lowest BCUT2D eigenvalue weighted by molar-refractivity contribution is -0.137. The van der Waals surface area contributed by atoms with E-state index in [1.165, 1.54) is 12.1 Å². The molecule has 0 rings (SSSR count). The molecule has 0 fully saturated rings. The van der Waals surface area contributed by atoms with Gasteiger partial charge in [-0.15, -0.1) is 0 Å². The quantitative estimate of drug-likeness (QED) is 0.335. The number of esters is 1. The fraction of sp³-hybridized carbons (Fsp3) is 0.0909. The van der Waals surface area contributed by atoms with Crippen LogP contribution in [0.3, 0.4) is 0 Å². The maximum Gasteiger partial charge on any atom is 0.348 e. The summed E-state index contributed by atoms with van der Waals surface area (Å²) >= 11 is 0. The van der Waals surface area contributed by atoms with Gasteiger partial charge in [0.2, 0.25) is 0 Å². The largest absolute Gasteiger partial charge is 0.477 e. The number of nitriles is 2. The van der Waals surface area contributed by atoms with Crippen LogP contribution < -0.4 is 0 Å². The summed E-state index contributed by atoms with van der Waals surface area (Å²) in [7, 11) is 0. The van der Waals surface area contributed by atoms with Crippen LogP contribution in [0.25, 0.3) is 0 Å². The van der Waals surface area contributed by atoms with Crippen LogP contribution in [-0.2, 0) is 14.3 Å². The molecule has 1 N–H and O–H groups in total. The first-order valence-electron chi connectivity index (χ1n) is 4.10. The van der Waals surface area contributed by atoms with E-state index in [1.807, 2.05) is 0 Å². The van der Waals surface area contributed by atoms with Crippen molar-refractivity contribution in [2.24, 2.45) is 0 Å². The molecule has 0 aromatic carbocycles. The van der Waals surface area contributed by atoms with Crippen molar-refractivity contribution in [2.45, 2.75) is 0 Å². The highest BCUT2D eigenvalue weighted by Gasteiger charge is 2.04. The average molecular weight is 234 g/mol. The third-order valence-corrected chi connectivity index (χ3v) is 1.11. The summed E-state index contributed by atoms with van der Waals surface area (Å²) in [5.41, 5.74) is -0.623. The Morgan fingerprint density at radius 3 is 1.94 bits per heavy atom. The van der Waals surface area contributed by atoms with E-state index in [2.05, 4.69) is 24.5 Å². The van der Waals surface area contributed by atoms with Gasteiger partial charge >= 0.3 is 11.9 Å². The highest BCUT2D eigenvalue weighted by Crippen LogP contribution is 1.90. The SMILES string of the molecule is C=C(C#N)C(=O)O.C=CCOC(=O)C(=C)C#N. The number of ether oxygens (including phenoxy) is 1. The molecule has 88 valence electrons. The smallest absolute Gasteiger partial charge is 0.348 e. The molecule has 0 aliphatic carbocycles. The average Bonchev–Trinajstić information content (AvgIpc) is 2.34. The van der Waals surface area contributed by atoms with E-state index in [9.17, 15) is 9.59 Å². The van der Waals surface area contributed by atoms with Gasteiger partial charge in [0.1, 0.15) is 29.9 Å². The standard InChI is InChI=1S/C7H7NO2.C4H3NO2/c1-3-4-10-7(9)6(2)5-8;1-3(2-5)4(6)7/h3H,1-2,4H2;1H2,(H,6,7). The summed E-state index contributed by atoms with van der Waals surface area (Å²) in [6, 6.07) is 2.94. The lowest BCUT2D eigenvalue weighted by atomic mass is 10.3. The zero-order chi connectivity index (χ0) is 13.8. The fourth-order valence-corrected chi connectivity index (χ4v) is 0.315. The van der Waals surface area contributed by atoms with Crippen LogP contribution >= 0.6 is 0 Å². The van der Waals surface area contributed by atoms with Crippen LogP contribution in [0.15, 0.2) is 37.0 Å². The molecule has 0 radical (unpaired) electrons. The molecule has 17 heavy (non-hydrogen) atoms. The Kier molecular flexibility index (Phi) is 9.44. The van der Waals surface area contributed by atoms with Crippen molar-refractivity contribution < 1.29 is 19.4 Å². The molecule has 0 aromatic rings. The molecule has 6 heteroatoms. The molecule has 0 saturated heterocycles. The van der Waals surface area contributed by atoms with Crippen LogP contribution in [0, 0.1) is 22.7 Å². The summed E-state index contributed by atoms with van der Waals surface area (Å²) in [6.45, 7) is 9.51. The Labute approximate surface area is 98.3 Å². The first-order valence-corrected chi connectivity index (χ1v) is 4.10. The number of carboxylic acids is 1. The third kappa shape index (κ3) is 9.44. The molecule has 6 nitrogen and oxygen atoms in total. The van der Waals surface area contributed by atoms with Crippen LogP contribution in [0.2, 0.25) is 0 Å². The number of rotatable bonds is 4. The number of carbonyl (C=O) groups excluding carboxylic acids is 1. The minimum absolute atomic E-state index is 0.111. The lowest BCUT2D eigenvalue weighted by Crippen LogP contribution is -2.05. The molecule has 0 bridgehead atoms. The Morgan fingerprint density at radius 2 is 1.71 bits per heavy atom. The Hall–Kier alpha value is -2.86. The number of aliphatic carboxylic acids is 1. The zero-order valence-electron chi connectivity index (χ0n) is 8.97. The van der Waals surface area contributed by atoms with E-state index in [4.69, 9.17) is 15.6 Å². The normalized spacial score (nSPS) is 7.18. The Bertz CT molecular complexity index is 424. The van der Waals surface area contributed by atoms with E-state index in [-0.39, 0.29) is 12.2 Å². The van der Waals surface area contributed by atoms with Crippen LogP contribution in [0.5, 0.6) is 0 Å². The van der Waals surface area contributed by atoms with Gasteiger partial charge in [0.15, 0.2) is 0 Å². The van der Waals surface area contributed by atoms with Crippen molar-refractivity contribution in [3.8, 4) is 12.1 Å². The second kappa shape index (κ2) is 9.69. The van der Waals surface area contributed by atoms with Crippen molar-refractivity contribution in [3.05, 3.63) is 37.0 Å². The Balaban J connectivity index is 0. The van der Waals surface area contributed by atoms with Crippen molar-refractivity contribution in [3.63, 3.8) is 0 Å². The van der Waals surface area contributed by atoms with Crippen molar-refractivity contribution in [1.82, 2.24) is 0 Å². The van der Waals surface area contributed by atoms with E-state index >= 15 is 0 Å². The predicted molar refractivity (Wildman–Crippen MR) is 58.3 cm³/mol. The van der Waals surface area contributed by atoms with E-state index < -0.39 is 17.5 Å². The van der Waals surface area contributed by atoms with Gasteiger partial charge in [-0.3, -0.25) is 0 Å². The maximum atomic E-state index is 10.5. The highest BCUT2D eigenvalue weighted by molar-refractivity contribution is 5.91. The van der Waals surface area contributed by atoms with E-state index in [0.717, 1.165) is 0 Å². The van der Waals surface area contributed by atoms with Crippen molar-refractivity contribution in [1.29, 1.82) is 10.5 Å². The highest BCUT2D eigenvalue weighted by atomic mass is 16.5. The minimum atomic E-state index is -1.26. The molecular weight excluding hydrogens is 224 g/mol. The van der Waals surface area contributed by atoms with Gasteiger partial charge < -0.3 is 9.84 Å². The topological polar surface area (TPSA) is 111 Å². The van der Waals surface area contributed by atoms with E-state index in [1.54, 1.807) is 6.07 Å². The Morgan fingerprint density at radius 1 is 1.24 bits per heavy atom. The van der Waals surface area contributed by atoms with Gasteiger partial charge in [-0.25, -0.2) is 9.59 Å². The van der Waals surface area contributed by atoms with Crippen LogP contribution in [0.4, 0.5) is 0 Å². The molecule has 0 aliphatic rings. The van der Waals surface area contributed by atoms with E-state index in [0.29, 0.717) is 0 Å². The lowest BCUT2D eigenvalue weighted by Gasteiger charge is -1.95. The summed E-state index contributed by atoms with van der Waals surface area (Å²) in [5, 5.41) is 23.8. The fourth-order valence-electron chi connectivity index (χ4n) is 0.315. The molecule has 0 amide bonds. The number of nitrogens with zero attached hydrogens (tertiary/aromatic N) is 2. The first kappa shape index (κ1) is 16.6. The molecule has 0 atom stereocenters. The van der Waals surface area contributed by atoms with Gasteiger partial charge in [-0.1, -0.05) is 25.8 Å².